The number of nitrogens with one attached hydrogen (secondary N) is 1. The van der Waals surface area contributed by atoms with Crippen LogP contribution in [0.5, 0.6) is 0 Å². The molecule has 0 spiro atoms. The number of rotatable bonds is 6. The van der Waals surface area contributed by atoms with Gasteiger partial charge in [0.25, 0.3) is 5.91 Å². The molecule has 2 atom stereocenters. The van der Waals surface area contributed by atoms with Gasteiger partial charge in [0.15, 0.2) is 0 Å². The van der Waals surface area contributed by atoms with E-state index in [0.29, 0.717) is 24.7 Å². The van der Waals surface area contributed by atoms with Gasteiger partial charge in [-0.15, -0.1) is 11.3 Å². The smallest absolute Gasteiger partial charge is 0.263 e. The molecule has 1 aliphatic rings. The van der Waals surface area contributed by atoms with Crippen molar-refractivity contribution in [3.05, 3.63) is 57.2 Å². The van der Waals surface area contributed by atoms with Crippen LogP contribution in [0.25, 0.3) is 0 Å². The molecule has 2 heterocycles. The van der Waals surface area contributed by atoms with Crippen molar-refractivity contribution < 1.29 is 9.59 Å². The van der Waals surface area contributed by atoms with Crippen LogP contribution < -0.4 is 5.32 Å². The summed E-state index contributed by atoms with van der Waals surface area (Å²) in [5, 5.41) is 5.67. The molecule has 1 N–H and O–H groups in total. The lowest BCUT2D eigenvalue weighted by Gasteiger charge is -2.32. The number of amides is 2. The molecular formula is C21H26ClN3O2S. The van der Waals surface area contributed by atoms with Crippen molar-refractivity contribution in [2.75, 3.05) is 33.7 Å². The number of carbonyl (C=O) groups excluding carboxylic acids is 2. The van der Waals surface area contributed by atoms with Gasteiger partial charge in [0.05, 0.1) is 16.8 Å². The average Bonchev–Trinajstić information content (AvgIpc) is 3.23. The molecule has 1 aromatic carbocycles. The molecule has 7 heteroatoms. The molecular weight excluding hydrogens is 394 g/mol. The van der Waals surface area contributed by atoms with E-state index in [1.165, 1.54) is 11.3 Å². The molecule has 2 unspecified atom stereocenters. The van der Waals surface area contributed by atoms with Crippen molar-refractivity contribution in [2.45, 2.75) is 18.9 Å². The highest BCUT2D eigenvalue weighted by molar-refractivity contribution is 7.12. The zero-order valence-electron chi connectivity index (χ0n) is 16.2. The van der Waals surface area contributed by atoms with Crippen LogP contribution in [-0.2, 0) is 4.79 Å². The molecule has 2 amide bonds. The summed E-state index contributed by atoms with van der Waals surface area (Å²) in [6, 6.07) is 11.4. The van der Waals surface area contributed by atoms with E-state index in [4.69, 9.17) is 11.6 Å². The summed E-state index contributed by atoms with van der Waals surface area (Å²) in [7, 11) is 3.95. The fourth-order valence-electron chi connectivity index (χ4n) is 3.59. The summed E-state index contributed by atoms with van der Waals surface area (Å²) in [5.74, 6) is -0.149. The predicted octanol–water partition coefficient (Wildman–Crippen LogP) is 3.67. The van der Waals surface area contributed by atoms with Gasteiger partial charge in [-0.2, -0.15) is 0 Å². The Kier molecular flexibility index (Phi) is 7.10. The van der Waals surface area contributed by atoms with Crippen molar-refractivity contribution in [2.24, 2.45) is 5.92 Å². The molecule has 1 aromatic heterocycles. The maximum atomic E-state index is 12.8. The first-order valence-electron chi connectivity index (χ1n) is 9.48. The highest BCUT2D eigenvalue weighted by atomic mass is 35.5. The standard InChI is InChI=1S/C21H26ClN3O2S/c1-24(2)18(16-8-3-4-9-17(16)22)13-23-20(26)15-7-5-11-25(14-15)21(27)19-10-6-12-28-19/h3-4,6,8-10,12,15,18H,5,7,11,13-14H2,1-2H3,(H,23,26). The Morgan fingerprint density at radius 2 is 2.07 bits per heavy atom. The maximum absolute atomic E-state index is 12.8. The van der Waals surface area contributed by atoms with E-state index in [2.05, 4.69) is 10.2 Å². The van der Waals surface area contributed by atoms with Gasteiger partial charge in [0.1, 0.15) is 0 Å². The number of hydrogen-bond acceptors (Lipinski definition) is 4. The number of halogens is 1. The van der Waals surface area contributed by atoms with Crippen LogP contribution in [0.3, 0.4) is 0 Å². The van der Waals surface area contributed by atoms with Gasteiger partial charge in [-0.05, 0) is 50.0 Å². The van der Waals surface area contributed by atoms with Crippen molar-refractivity contribution in [1.82, 2.24) is 15.1 Å². The molecule has 1 saturated heterocycles. The normalized spacial score (nSPS) is 18.1. The molecule has 3 rings (SSSR count). The summed E-state index contributed by atoms with van der Waals surface area (Å²) in [6.07, 6.45) is 1.65. The lowest BCUT2D eigenvalue weighted by Crippen LogP contribution is -2.46. The monoisotopic (exact) mass is 419 g/mol. The maximum Gasteiger partial charge on any atom is 0.263 e. The predicted molar refractivity (Wildman–Crippen MR) is 114 cm³/mol. The minimum absolute atomic E-state index is 0.00239. The van der Waals surface area contributed by atoms with Crippen LogP contribution >= 0.6 is 22.9 Å². The number of likely N-dealkylation sites (N-methyl/N-ethyl adjacent to an activating group) is 1. The second-order valence-electron chi connectivity index (χ2n) is 7.31. The number of hydrogen-bond donors (Lipinski definition) is 1. The summed E-state index contributed by atoms with van der Waals surface area (Å²) >= 11 is 7.79. The Balaban J connectivity index is 1.60. The second kappa shape index (κ2) is 9.54. The minimum atomic E-state index is -0.174. The van der Waals surface area contributed by atoms with Crippen LogP contribution in [0.2, 0.25) is 5.02 Å². The number of nitrogens with zero attached hydrogens (tertiary/aromatic N) is 2. The number of benzene rings is 1. The molecule has 2 aromatic rings. The van der Waals surface area contributed by atoms with Crippen molar-refractivity contribution in [1.29, 1.82) is 0 Å². The first-order chi connectivity index (χ1) is 13.5. The highest BCUT2D eigenvalue weighted by Crippen LogP contribution is 2.26. The first kappa shape index (κ1) is 20.8. The van der Waals surface area contributed by atoms with Crippen LogP contribution in [0.4, 0.5) is 0 Å². The number of thiophene rings is 1. The second-order valence-corrected chi connectivity index (χ2v) is 8.67. The third-order valence-electron chi connectivity index (χ3n) is 5.17. The van der Waals surface area contributed by atoms with Crippen LogP contribution in [0, 0.1) is 5.92 Å². The van der Waals surface area contributed by atoms with E-state index < -0.39 is 0 Å². The molecule has 0 radical (unpaired) electrons. The van der Waals surface area contributed by atoms with Crippen molar-refractivity contribution in [3.63, 3.8) is 0 Å². The third-order valence-corrected chi connectivity index (χ3v) is 6.37. The Hall–Kier alpha value is -1.89. The molecule has 0 saturated carbocycles. The van der Waals surface area contributed by atoms with Crippen molar-refractivity contribution >= 4 is 34.8 Å². The van der Waals surface area contributed by atoms with Crippen LogP contribution in [-0.4, -0.2) is 55.3 Å². The largest absolute Gasteiger partial charge is 0.354 e. The highest BCUT2D eigenvalue weighted by Gasteiger charge is 2.30. The summed E-state index contributed by atoms with van der Waals surface area (Å²) < 4.78 is 0. The van der Waals surface area contributed by atoms with Gasteiger partial charge in [0, 0.05) is 24.7 Å². The van der Waals surface area contributed by atoms with Gasteiger partial charge in [-0.1, -0.05) is 35.9 Å². The Morgan fingerprint density at radius 1 is 1.29 bits per heavy atom. The van der Waals surface area contributed by atoms with E-state index in [-0.39, 0.29) is 23.8 Å². The van der Waals surface area contributed by atoms with E-state index in [0.717, 1.165) is 23.3 Å². The number of likely N-dealkylation sites (tertiary alicyclic amines) is 1. The van der Waals surface area contributed by atoms with Crippen LogP contribution in [0.1, 0.15) is 34.1 Å². The molecule has 1 aliphatic heterocycles. The lowest BCUT2D eigenvalue weighted by molar-refractivity contribution is -0.126. The van der Waals surface area contributed by atoms with Gasteiger partial charge in [-0.3, -0.25) is 9.59 Å². The minimum Gasteiger partial charge on any atom is -0.354 e. The Morgan fingerprint density at radius 3 is 2.75 bits per heavy atom. The van der Waals surface area contributed by atoms with E-state index in [1.54, 1.807) is 4.90 Å². The van der Waals surface area contributed by atoms with E-state index in [9.17, 15) is 9.59 Å². The Bertz CT molecular complexity index is 810. The molecule has 0 aliphatic carbocycles. The fraction of sp³-hybridized carbons (Fsp3) is 0.429. The lowest BCUT2D eigenvalue weighted by atomic mass is 9.96. The molecule has 5 nitrogen and oxygen atoms in total. The summed E-state index contributed by atoms with van der Waals surface area (Å²) in [5.41, 5.74) is 0.993. The first-order valence-corrected chi connectivity index (χ1v) is 10.7. The molecule has 1 fully saturated rings. The number of piperidine rings is 1. The molecule has 28 heavy (non-hydrogen) atoms. The van der Waals surface area contributed by atoms with Gasteiger partial charge < -0.3 is 15.1 Å². The number of carbonyl (C=O) groups is 2. The van der Waals surface area contributed by atoms with Crippen molar-refractivity contribution in [3.8, 4) is 0 Å². The van der Waals surface area contributed by atoms with E-state index >= 15 is 0 Å². The van der Waals surface area contributed by atoms with Gasteiger partial charge in [-0.25, -0.2) is 0 Å². The summed E-state index contributed by atoms with van der Waals surface area (Å²) in [4.78, 5) is 30.0. The van der Waals surface area contributed by atoms with Gasteiger partial charge >= 0.3 is 0 Å². The van der Waals surface area contributed by atoms with E-state index in [1.807, 2.05) is 55.9 Å². The Labute approximate surface area is 175 Å². The third kappa shape index (κ3) is 4.93. The molecule has 0 bridgehead atoms. The van der Waals surface area contributed by atoms with Gasteiger partial charge in [0.2, 0.25) is 5.91 Å². The quantitative estimate of drug-likeness (QED) is 0.777. The fourth-order valence-corrected chi connectivity index (χ4v) is 4.54. The summed E-state index contributed by atoms with van der Waals surface area (Å²) in [6.45, 7) is 1.66. The van der Waals surface area contributed by atoms with Crippen LogP contribution in [0.15, 0.2) is 41.8 Å². The topological polar surface area (TPSA) is 52.7 Å². The zero-order valence-corrected chi connectivity index (χ0v) is 17.8. The SMILES string of the molecule is CN(C)C(CNC(=O)C1CCCN(C(=O)c2cccs2)C1)c1ccccc1Cl. The zero-order chi connectivity index (χ0) is 20.1. The molecule has 150 valence electrons. The average molecular weight is 420 g/mol.